The summed E-state index contributed by atoms with van der Waals surface area (Å²) in [4.78, 5) is 0. The normalized spacial score (nSPS) is 12.9. The van der Waals surface area contributed by atoms with Gasteiger partial charge in [-0.3, -0.25) is 0 Å². The van der Waals surface area contributed by atoms with Crippen LogP contribution in [-0.4, -0.2) is 13.1 Å². The van der Waals surface area contributed by atoms with Crippen molar-refractivity contribution in [3.05, 3.63) is 34.6 Å². The minimum absolute atomic E-state index is 0.0895. The van der Waals surface area contributed by atoms with E-state index in [9.17, 15) is 4.39 Å². The van der Waals surface area contributed by atoms with Gasteiger partial charge in [0.1, 0.15) is 5.82 Å². The summed E-state index contributed by atoms with van der Waals surface area (Å²) < 4.78 is 12.7. The predicted molar refractivity (Wildman–Crippen MR) is 56.9 cm³/mol. The molecule has 0 fully saturated rings. The van der Waals surface area contributed by atoms with E-state index in [2.05, 4.69) is 5.32 Å². The van der Waals surface area contributed by atoms with Crippen LogP contribution in [-0.2, 0) is 0 Å². The first-order chi connectivity index (χ1) is 6.65. The molecule has 0 aliphatic heterocycles. The van der Waals surface area contributed by atoms with Crippen molar-refractivity contribution in [2.45, 2.75) is 13.0 Å². The second-order valence-electron chi connectivity index (χ2n) is 3.13. The lowest BCUT2D eigenvalue weighted by molar-refractivity contribution is 0.578. The summed E-state index contributed by atoms with van der Waals surface area (Å²) in [5, 5.41) is 3.62. The van der Waals surface area contributed by atoms with E-state index in [0.29, 0.717) is 11.6 Å². The fraction of sp³-hybridized carbons (Fsp3) is 0.400. The highest BCUT2D eigenvalue weighted by molar-refractivity contribution is 6.31. The Morgan fingerprint density at radius 3 is 2.86 bits per heavy atom. The van der Waals surface area contributed by atoms with Gasteiger partial charge in [-0.15, -0.1) is 0 Å². The van der Waals surface area contributed by atoms with Crippen LogP contribution >= 0.6 is 11.6 Å². The Balaban J connectivity index is 2.74. The van der Waals surface area contributed by atoms with E-state index < -0.39 is 0 Å². The first-order valence-corrected chi connectivity index (χ1v) is 4.91. The van der Waals surface area contributed by atoms with Crippen molar-refractivity contribution in [3.63, 3.8) is 0 Å². The van der Waals surface area contributed by atoms with Gasteiger partial charge in [0, 0.05) is 24.2 Å². The fourth-order valence-electron chi connectivity index (χ4n) is 1.26. The topological polar surface area (TPSA) is 38.0 Å². The Bertz CT molecular complexity index is 304. The summed E-state index contributed by atoms with van der Waals surface area (Å²) in [5.74, 6) is -0.315. The van der Waals surface area contributed by atoms with Gasteiger partial charge in [-0.1, -0.05) is 17.7 Å². The van der Waals surface area contributed by atoms with Gasteiger partial charge >= 0.3 is 0 Å². The molecule has 1 rings (SSSR count). The molecular formula is C10H14ClFN2. The second-order valence-corrected chi connectivity index (χ2v) is 3.54. The molecule has 4 heteroatoms. The van der Waals surface area contributed by atoms with Crippen molar-refractivity contribution in [1.29, 1.82) is 0 Å². The van der Waals surface area contributed by atoms with Crippen LogP contribution in [0.1, 0.15) is 18.5 Å². The zero-order valence-electron chi connectivity index (χ0n) is 8.06. The molecule has 0 radical (unpaired) electrons. The Labute approximate surface area is 88.2 Å². The Morgan fingerprint density at radius 1 is 1.57 bits per heavy atom. The highest BCUT2D eigenvalue weighted by Crippen LogP contribution is 2.23. The number of hydrogen-bond acceptors (Lipinski definition) is 2. The van der Waals surface area contributed by atoms with Crippen LogP contribution in [0.4, 0.5) is 4.39 Å². The lowest BCUT2D eigenvalue weighted by atomic mass is 10.1. The summed E-state index contributed by atoms with van der Waals surface area (Å²) in [6, 6.07) is 4.50. The van der Waals surface area contributed by atoms with Gasteiger partial charge in [-0.2, -0.15) is 0 Å². The summed E-state index contributed by atoms with van der Waals surface area (Å²) >= 11 is 5.89. The van der Waals surface area contributed by atoms with Crippen LogP contribution in [0.3, 0.4) is 0 Å². The molecule has 0 heterocycles. The van der Waals surface area contributed by atoms with E-state index in [1.54, 1.807) is 6.07 Å². The van der Waals surface area contributed by atoms with Crippen molar-refractivity contribution < 1.29 is 4.39 Å². The molecule has 2 nitrogen and oxygen atoms in total. The molecule has 78 valence electrons. The Hall–Kier alpha value is -0.640. The van der Waals surface area contributed by atoms with Crippen molar-refractivity contribution in [2.75, 3.05) is 13.1 Å². The van der Waals surface area contributed by atoms with Gasteiger partial charge in [0.05, 0.1) is 0 Å². The zero-order chi connectivity index (χ0) is 10.6. The molecule has 14 heavy (non-hydrogen) atoms. The minimum Gasteiger partial charge on any atom is -0.329 e. The second kappa shape index (κ2) is 5.29. The van der Waals surface area contributed by atoms with E-state index in [0.717, 1.165) is 12.1 Å². The summed E-state index contributed by atoms with van der Waals surface area (Å²) in [6.45, 7) is 3.26. The molecule has 0 saturated heterocycles. The van der Waals surface area contributed by atoms with Gasteiger partial charge in [-0.05, 0) is 24.6 Å². The van der Waals surface area contributed by atoms with Crippen LogP contribution in [0.5, 0.6) is 0 Å². The molecule has 1 aromatic rings. The van der Waals surface area contributed by atoms with Crippen LogP contribution in [0.25, 0.3) is 0 Å². The minimum atomic E-state index is -0.315. The quantitative estimate of drug-likeness (QED) is 0.809. The van der Waals surface area contributed by atoms with Crippen molar-refractivity contribution in [1.82, 2.24) is 5.32 Å². The number of rotatable bonds is 4. The maximum atomic E-state index is 12.7. The molecule has 0 amide bonds. The van der Waals surface area contributed by atoms with E-state index in [1.165, 1.54) is 12.1 Å². The number of benzene rings is 1. The monoisotopic (exact) mass is 216 g/mol. The maximum absolute atomic E-state index is 12.7. The summed E-state index contributed by atoms with van der Waals surface area (Å²) in [6.07, 6.45) is 0. The summed E-state index contributed by atoms with van der Waals surface area (Å²) in [7, 11) is 0. The van der Waals surface area contributed by atoms with Crippen LogP contribution < -0.4 is 11.1 Å². The lowest BCUT2D eigenvalue weighted by Gasteiger charge is -2.14. The fourth-order valence-corrected chi connectivity index (χ4v) is 1.59. The first-order valence-electron chi connectivity index (χ1n) is 4.53. The molecule has 0 saturated carbocycles. The van der Waals surface area contributed by atoms with E-state index >= 15 is 0 Å². The predicted octanol–water partition coefficient (Wildman–Crippen LogP) is 2.09. The third-order valence-electron chi connectivity index (χ3n) is 2.02. The van der Waals surface area contributed by atoms with Crippen molar-refractivity contribution in [3.8, 4) is 0 Å². The molecule has 1 aromatic carbocycles. The highest BCUT2D eigenvalue weighted by Gasteiger charge is 2.08. The average Bonchev–Trinajstić information content (AvgIpc) is 2.14. The smallest absolute Gasteiger partial charge is 0.124 e. The third kappa shape index (κ3) is 2.94. The SMILES string of the molecule is CC(NCCN)c1ccc(F)cc1Cl. The van der Waals surface area contributed by atoms with Crippen LogP contribution in [0.2, 0.25) is 5.02 Å². The Morgan fingerprint density at radius 2 is 2.29 bits per heavy atom. The molecule has 3 N–H and O–H groups in total. The Kier molecular flexibility index (Phi) is 4.32. The van der Waals surface area contributed by atoms with Crippen molar-refractivity contribution in [2.24, 2.45) is 5.73 Å². The molecule has 0 aliphatic carbocycles. The van der Waals surface area contributed by atoms with E-state index in [1.807, 2.05) is 6.92 Å². The standard InChI is InChI=1S/C10H14ClFN2/c1-7(14-5-4-13)9-3-2-8(12)6-10(9)11/h2-3,6-7,14H,4-5,13H2,1H3. The first kappa shape index (κ1) is 11.4. The zero-order valence-corrected chi connectivity index (χ0v) is 8.81. The maximum Gasteiger partial charge on any atom is 0.124 e. The van der Waals surface area contributed by atoms with Crippen molar-refractivity contribution >= 4 is 11.6 Å². The molecule has 0 bridgehead atoms. The van der Waals surface area contributed by atoms with Gasteiger partial charge in [0.25, 0.3) is 0 Å². The molecule has 0 spiro atoms. The van der Waals surface area contributed by atoms with Gasteiger partial charge in [0.2, 0.25) is 0 Å². The molecule has 1 unspecified atom stereocenters. The molecule has 1 atom stereocenters. The van der Waals surface area contributed by atoms with E-state index in [4.69, 9.17) is 17.3 Å². The van der Waals surface area contributed by atoms with Gasteiger partial charge in [0.15, 0.2) is 0 Å². The van der Waals surface area contributed by atoms with Crippen LogP contribution in [0.15, 0.2) is 18.2 Å². The summed E-state index contributed by atoms with van der Waals surface area (Å²) in [5.41, 5.74) is 6.25. The molecule has 0 aromatic heterocycles. The molecular weight excluding hydrogens is 203 g/mol. The van der Waals surface area contributed by atoms with Crippen LogP contribution in [0, 0.1) is 5.82 Å². The molecule has 0 aliphatic rings. The van der Waals surface area contributed by atoms with Gasteiger partial charge < -0.3 is 11.1 Å². The third-order valence-corrected chi connectivity index (χ3v) is 2.35. The van der Waals surface area contributed by atoms with E-state index in [-0.39, 0.29) is 11.9 Å². The van der Waals surface area contributed by atoms with Gasteiger partial charge in [-0.25, -0.2) is 4.39 Å². The highest BCUT2D eigenvalue weighted by atomic mass is 35.5. The number of nitrogens with two attached hydrogens (primary N) is 1. The number of nitrogens with one attached hydrogen (secondary N) is 1. The average molecular weight is 217 g/mol. The number of hydrogen-bond donors (Lipinski definition) is 2. The largest absolute Gasteiger partial charge is 0.329 e. The number of halogens is 2. The lowest BCUT2D eigenvalue weighted by Crippen LogP contribution is -2.25.